The Hall–Kier alpha value is -2.43. The lowest BCUT2D eigenvalue weighted by molar-refractivity contribution is 0.0843. The van der Waals surface area contributed by atoms with Crippen molar-refractivity contribution in [2.45, 2.75) is 32.2 Å². The van der Waals surface area contributed by atoms with E-state index in [0.717, 1.165) is 12.8 Å². The fourth-order valence-corrected chi connectivity index (χ4v) is 2.27. The smallest absolute Gasteiger partial charge is 0.251 e. The summed E-state index contributed by atoms with van der Waals surface area (Å²) in [7, 11) is 1.77. The van der Waals surface area contributed by atoms with E-state index in [0.29, 0.717) is 17.8 Å². The molecule has 1 heterocycles. The summed E-state index contributed by atoms with van der Waals surface area (Å²) >= 11 is 0. The molecule has 22 heavy (non-hydrogen) atoms. The molecule has 1 unspecified atom stereocenters. The van der Waals surface area contributed by atoms with Gasteiger partial charge in [-0.3, -0.25) is 9.59 Å². The van der Waals surface area contributed by atoms with Gasteiger partial charge in [0.25, 0.3) is 5.91 Å². The van der Waals surface area contributed by atoms with Crippen LogP contribution in [0.2, 0.25) is 0 Å². The van der Waals surface area contributed by atoms with Crippen LogP contribution in [0.25, 0.3) is 0 Å². The largest absolute Gasteiger partial charge is 0.342 e. The third kappa shape index (κ3) is 3.81. The van der Waals surface area contributed by atoms with Crippen molar-refractivity contribution >= 4 is 11.7 Å². The second-order valence-electron chi connectivity index (χ2n) is 5.26. The number of carbonyl (C=O) groups excluding carboxylic acids is 2. The van der Waals surface area contributed by atoms with E-state index in [2.05, 4.69) is 17.2 Å². The fraction of sp³-hybridized carbons (Fsp3) is 0.353. The summed E-state index contributed by atoms with van der Waals surface area (Å²) in [5, 5.41) is 2.84. The molecule has 1 aromatic heterocycles. The Balaban J connectivity index is 2.14. The lowest BCUT2D eigenvalue weighted by Gasteiger charge is -2.17. The molecule has 1 atom stereocenters. The van der Waals surface area contributed by atoms with Crippen LogP contribution < -0.4 is 5.32 Å². The zero-order valence-corrected chi connectivity index (χ0v) is 13.0. The molecule has 2 aromatic rings. The number of amides is 1. The summed E-state index contributed by atoms with van der Waals surface area (Å²) in [6.45, 7) is 2.06. The van der Waals surface area contributed by atoms with Gasteiger partial charge in [-0.1, -0.05) is 38.0 Å². The lowest BCUT2D eigenvalue weighted by atomic mass is 10.0. The molecule has 0 aliphatic rings. The van der Waals surface area contributed by atoms with Gasteiger partial charge in [0.05, 0.1) is 6.04 Å². The summed E-state index contributed by atoms with van der Waals surface area (Å²) in [4.78, 5) is 29.0. The summed E-state index contributed by atoms with van der Waals surface area (Å²) in [6, 6.07) is 8.38. The molecular formula is C17H21N3O2. The van der Waals surface area contributed by atoms with Gasteiger partial charge >= 0.3 is 0 Å². The van der Waals surface area contributed by atoms with Gasteiger partial charge in [-0.05, 0) is 18.6 Å². The molecule has 5 heteroatoms. The minimum Gasteiger partial charge on any atom is -0.342 e. The van der Waals surface area contributed by atoms with Gasteiger partial charge in [-0.15, -0.1) is 0 Å². The standard InChI is InChI=1S/C17H21N3O2/c1-3-4-10-14(15(21)16-18-11-12-20(16)2)19-17(22)13-8-6-5-7-9-13/h5-9,11-12,14H,3-4,10H2,1-2H3,(H,19,22). The number of hydrogen-bond donors (Lipinski definition) is 1. The van der Waals surface area contributed by atoms with E-state index in [1.54, 1.807) is 48.3 Å². The first-order chi connectivity index (χ1) is 10.6. The second kappa shape index (κ2) is 7.54. The third-order valence-electron chi connectivity index (χ3n) is 3.55. The molecule has 2 rings (SSSR count). The zero-order valence-electron chi connectivity index (χ0n) is 13.0. The SMILES string of the molecule is CCCCC(NC(=O)c1ccccc1)C(=O)c1nccn1C. The van der Waals surface area contributed by atoms with Gasteiger partial charge in [0.2, 0.25) is 5.78 Å². The Morgan fingerprint density at radius 3 is 2.59 bits per heavy atom. The minimum atomic E-state index is -0.547. The number of ketones is 1. The number of carbonyl (C=O) groups is 2. The van der Waals surface area contributed by atoms with Crippen LogP contribution in [0, 0.1) is 0 Å². The first kappa shape index (κ1) is 15.9. The Kier molecular flexibility index (Phi) is 5.47. The molecule has 0 saturated heterocycles. The number of nitrogens with one attached hydrogen (secondary N) is 1. The molecule has 0 saturated carbocycles. The second-order valence-corrected chi connectivity index (χ2v) is 5.26. The maximum absolute atomic E-state index is 12.6. The van der Waals surface area contributed by atoms with Crippen molar-refractivity contribution in [3.05, 3.63) is 54.1 Å². The van der Waals surface area contributed by atoms with Crippen LogP contribution in [-0.4, -0.2) is 27.3 Å². The van der Waals surface area contributed by atoms with E-state index in [1.165, 1.54) is 0 Å². The molecule has 0 spiro atoms. The van der Waals surface area contributed by atoms with Gasteiger partial charge in [-0.25, -0.2) is 4.98 Å². The average molecular weight is 299 g/mol. The van der Waals surface area contributed by atoms with Crippen molar-refractivity contribution in [1.82, 2.24) is 14.9 Å². The van der Waals surface area contributed by atoms with E-state index in [9.17, 15) is 9.59 Å². The van der Waals surface area contributed by atoms with Crippen molar-refractivity contribution < 1.29 is 9.59 Å². The van der Waals surface area contributed by atoms with Crippen molar-refractivity contribution in [3.63, 3.8) is 0 Å². The van der Waals surface area contributed by atoms with Crippen LogP contribution in [0.1, 0.15) is 47.2 Å². The number of aryl methyl sites for hydroxylation is 1. The van der Waals surface area contributed by atoms with Gasteiger partial charge < -0.3 is 9.88 Å². The van der Waals surface area contributed by atoms with Crippen molar-refractivity contribution in [1.29, 1.82) is 0 Å². The number of nitrogens with zero attached hydrogens (tertiary/aromatic N) is 2. The van der Waals surface area contributed by atoms with Crippen molar-refractivity contribution in [2.75, 3.05) is 0 Å². The van der Waals surface area contributed by atoms with Gasteiger partial charge in [-0.2, -0.15) is 0 Å². The van der Waals surface area contributed by atoms with Gasteiger partial charge in [0.15, 0.2) is 5.82 Å². The number of rotatable bonds is 7. The van der Waals surface area contributed by atoms with Crippen LogP contribution in [-0.2, 0) is 7.05 Å². The zero-order chi connectivity index (χ0) is 15.9. The van der Waals surface area contributed by atoms with Crippen LogP contribution in [0.5, 0.6) is 0 Å². The summed E-state index contributed by atoms with van der Waals surface area (Å²) < 4.78 is 1.68. The minimum absolute atomic E-state index is 0.148. The Labute approximate surface area is 130 Å². The molecule has 5 nitrogen and oxygen atoms in total. The van der Waals surface area contributed by atoms with Crippen LogP contribution in [0.4, 0.5) is 0 Å². The quantitative estimate of drug-likeness (QED) is 0.799. The summed E-state index contributed by atoms with van der Waals surface area (Å²) in [5.74, 6) is -0.0102. The summed E-state index contributed by atoms with van der Waals surface area (Å²) in [6.07, 6.45) is 5.76. The monoisotopic (exact) mass is 299 g/mol. The van der Waals surface area contributed by atoms with E-state index in [1.807, 2.05) is 6.07 Å². The highest BCUT2D eigenvalue weighted by Gasteiger charge is 2.24. The molecule has 116 valence electrons. The Morgan fingerprint density at radius 2 is 2.00 bits per heavy atom. The lowest BCUT2D eigenvalue weighted by Crippen LogP contribution is -2.41. The van der Waals surface area contributed by atoms with Crippen LogP contribution in [0.15, 0.2) is 42.7 Å². The average Bonchev–Trinajstić information content (AvgIpc) is 2.97. The first-order valence-electron chi connectivity index (χ1n) is 7.51. The Morgan fingerprint density at radius 1 is 1.27 bits per heavy atom. The predicted octanol–water partition coefficient (Wildman–Crippen LogP) is 2.59. The molecule has 0 bridgehead atoms. The van der Waals surface area contributed by atoms with Gasteiger partial charge in [0.1, 0.15) is 0 Å². The van der Waals surface area contributed by atoms with Crippen molar-refractivity contribution in [2.24, 2.45) is 7.05 Å². The number of unbranched alkanes of at least 4 members (excludes halogenated alkanes) is 1. The number of Topliss-reactive ketones (excluding diaryl/α,β-unsaturated/α-hetero) is 1. The highest BCUT2D eigenvalue weighted by atomic mass is 16.2. The molecular weight excluding hydrogens is 278 g/mol. The molecule has 0 aliphatic heterocycles. The number of aromatic nitrogens is 2. The first-order valence-corrected chi connectivity index (χ1v) is 7.51. The molecule has 1 N–H and O–H groups in total. The highest BCUT2D eigenvalue weighted by molar-refractivity contribution is 6.02. The van der Waals surface area contributed by atoms with Crippen molar-refractivity contribution in [3.8, 4) is 0 Å². The van der Waals surface area contributed by atoms with E-state index in [4.69, 9.17) is 0 Å². The molecule has 0 radical (unpaired) electrons. The molecule has 0 aliphatic carbocycles. The molecule has 0 fully saturated rings. The predicted molar refractivity (Wildman–Crippen MR) is 84.8 cm³/mol. The van der Waals surface area contributed by atoms with E-state index in [-0.39, 0.29) is 11.7 Å². The topological polar surface area (TPSA) is 64.0 Å². The van der Waals surface area contributed by atoms with Crippen LogP contribution >= 0.6 is 0 Å². The number of imidazole rings is 1. The summed E-state index contributed by atoms with van der Waals surface area (Å²) in [5.41, 5.74) is 0.552. The van der Waals surface area contributed by atoms with E-state index < -0.39 is 6.04 Å². The number of benzene rings is 1. The highest BCUT2D eigenvalue weighted by Crippen LogP contribution is 2.09. The maximum Gasteiger partial charge on any atom is 0.251 e. The fourth-order valence-electron chi connectivity index (χ4n) is 2.27. The maximum atomic E-state index is 12.6. The molecule has 1 aromatic carbocycles. The number of hydrogen-bond acceptors (Lipinski definition) is 3. The molecule has 1 amide bonds. The third-order valence-corrected chi connectivity index (χ3v) is 3.55. The van der Waals surface area contributed by atoms with Crippen LogP contribution in [0.3, 0.4) is 0 Å². The van der Waals surface area contributed by atoms with Gasteiger partial charge in [0, 0.05) is 25.0 Å². The normalized spacial score (nSPS) is 11.9. The van der Waals surface area contributed by atoms with E-state index >= 15 is 0 Å². The Bertz CT molecular complexity index is 634.